The molecule has 2 aromatic heterocycles. The van der Waals surface area contributed by atoms with E-state index in [1.165, 1.54) is 0 Å². The summed E-state index contributed by atoms with van der Waals surface area (Å²) in [6, 6.07) is 27.2. The Hall–Kier alpha value is -4.43. The van der Waals surface area contributed by atoms with Crippen LogP contribution in [0.15, 0.2) is 90.3 Å². The van der Waals surface area contributed by atoms with Gasteiger partial charge in [0.05, 0.1) is 24.3 Å². The number of aryl methyl sites for hydroxylation is 1. The van der Waals surface area contributed by atoms with Crippen LogP contribution in [0.5, 0.6) is 11.8 Å². The van der Waals surface area contributed by atoms with E-state index in [1.54, 1.807) is 23.1 Å². The zero-order chi connectivity index (χ0) is 25.6. The first-order chi connectivity index (χ1) is 18.1. The average molecular weight is 511 g/mol. The zero-order valence-corrected chi connectivity index (χ0v) is 21.4. The molecule has 0 unspecified atom stereocenters. The molecule has 0 radical (unpaired) electrons. The second kappa shape index (κ2) is 11.1. The van der Waals surface area contributed by atoms with Crippen LogP contribution in [-0.4, -0.2) is 34.4 Å². The van der Waals surface area contributed by atoms with Gasteiger partial charge in [-0.05, 0) is 72.5 Å². The molecule has 3 aromatic carbocycles. The van der Waals surface area contributed by atoms with Gasteiger partial charge in [-0.25, -0.2) is 4.68 Å². The highest BCUT2D eigenvalue weighted by molar-refractivity contribution is 7.13. The van der Waals surface area contributed by atoms with E-state index in [1.807, 2.05) is 97.2 Å². The molecular weight excluding hydrogens is 484 g/mol. The van der Waals surface area contributed by atoms with Gasteiger partial charge in [-0.15, -0.1) is 16.4 Å². The van der Waals surface area contributed by atoms with Crippen LogP contribution in [0.3, 0.4) is 0 Å². The Kier molecular flexibility index (Phi) is 7.28. The van der Waals surface area contributed by atoms with Crippen LogP contribution in [0.4, 0.5) is 5.69 Å². The van der Waals surface area contributed by atoms with Crippen LogP contribution in [0, 0.1) is 6.92 Å². The number of anilines is 1. The van der Waals surface area contributed by atoms with Crippen molar-refractivity contribution in [2.45, 2.75) is 13.3 Å². The van der Waals surface area contributed by atoms with Crippen LogP contribution >= 0.6 is 11.3 Å². The minimum absolute atomic E-state index is 0.152. The van der Waals surface area contributed by atoms with Gasteiger partial charge < -0.3 is 14.8 Å². The number of hydrogen-bond acceptors (Lipinski definition) is 6. The molecule has 186 valence electrons. The van der Waals surface area contributed by atoms with Gasteiger partial charge >= 0.3 is 6.01 Å². The Morgan fingerprint density at radius 1 is 0.973 bits per heavy atom. The summed E-state index contributed by atoms with van der Waals surface area (Å²) in [7, 11) is 1.65. The highest BCUT2D eigenvalue weighted by Gasteiger charge is 2.16. The number of rotatable bonds is 9. The Bertz CT molecular complexity index is 1460. The van der Waals surface area contributed by atoms with E-state index in [9.17, 15) is 4.79 Å². The van der Waals surface area contributed by atoms with Crippen molar-refractivity contribution in [3.05, 3.63) is 107 Å². The fraction of sp³-hybridized carbons (Fsp3) is 0.138. The minimum Gasteiger partial charge on any atom is -0.497 e. The van der Waals surface area contributed by atoms with Crippen molar-refractivity contribution < 1.29 is 14.3 Å². The van der Waals surface area contributed by atoms with Crippen molar-refractivity contribution >= 4 is 22.9 Å². The van der Waals surface area contributed by atoms with Crippen LogP contribution in [-0.2, 0) is 6.42 Å². The van der Waals surface area contributed by atoms with Crippen LogP contribution in [0.25, 0.3) is 16.4 Å². The quantitative estimate of drug-likeness (QED) is 0.256. The molecule has 0 aliphatic rings. The number of benzene rings is 3. The van der Waals surface area contributed by atoms with E-state index in [-0.39, 0.29) is 5.91 Å². The van der Waals surface area contributed by atoms with Gasteiger partial charge in [0.25, 0.3) is 5.91 Å². The van der Waals surface area contributed by atoms with Crippen LogP contribution in [0.2, 0.25) is 0 Å². The SMILES string of the molecule is COc1ccc(CCOc2nc(-c3cccs3)n(-c3ccc(NC(=O)c4ccc(C)cc4)cc3)n2)cc1. The number of carbonyl (C=O) groups is 1. The monoisotopic (exact) mass is 510 g/mol. The number of carbonyl (C=O) groups excluding carboxylic acids is 1. The molecular formula is C29H26N4O3S. The van der Waals surface area contributed by atoms with E-state index >= 15 is 0 Å². The van der Waals surface area contributed by atoms with E-state index in [2.05, 4.69) is 15.4 Å². The highest BCUT2D eigenvalue weighted by atomic mass is 32.1. The maximum Gasteiger partial charge on any atom is 0.336 e. The van der Waals surface area contributed by atoms with E-state index < -0.39 is 0 Å². The average Bonchev–Trinajstić information content (AvgIpc) is 3.60. The van der Waals surface area contributed by atoms with E-state index in [4.69, 9.17) is 9.47 Å². The maximum atomic E-state index is 12.6. The summed E-state index contributed by atoms with van der Waals surface area (Å²) in [5, 5.41) is 9.57. The molecule has 0 aliphatic heterocycles. The number of aromatic nitrogens is 3. The molecule has 7 nitrogen and oxygen atoms in total. The Labute approximate surface area is 219 Å². The Morgan fingerprint density at radius 2 is 1.73 bits per heavy atom. The molecule has 37 heavy (non-hydrogen) atoms. The molecule has 5 aromatic rings. The molecule has 0 fully saturated rings. The first kappa shape index (κ1) is 24.3. The number of ether oxygens (including phenoxy) is 2. The smallest absolute Gasteiger partial charge is 0.336 e. The van der Waals surface area contributed by atoms with Gasteiger partial charge in [0.2, 0.25) is 0 Å². The molecule has 0 saturated heterocycles. The van der Waals surface area contributed by atoms with Gasteiger partial charge in [-0.3, -0.25) is 4.79 Å². The third-order valence-corrected chi connectivity index (χ3v) is 6.66. The molecule has 0 atom stereocenters. The molecule has 5 rings (SSSR count). The zero-order valence-electron chi connectivity index (χ0n) is 20.5. The second-order valence-corrected chi connectivity index (χ2v) is 9.37. The maximum absolute atomic E-state index is 12.6. The fourth-order valence-corrected chi connectivity index (χ4v) is 4.44. The van der Waals surface area contributed by atoms with Crippen LogP contribution in [0.1, 0.15) is 21.5 Å². The molecule has 1 amide bonds. The number of hydrogen-bond donors (Lipinski definition) is 1. The molecule has 0 saturated carbocycles. The first-order valence-corrected chi connectivity index (χ1v) is 12.7. The number of nitrogens with one attached hydrogen (secondary N) is 1. The third kappa shape index (κ3) is 5.87. The molecule has 0 bridgehead atoms. The summed E-state index contributed by atoms with van der Waals surface area (Å²) < 4.78 is 12.9. The summed E-state index contributed by atoms with van der Waals surface area (Å²) in [5.74, 6) is 1.37. The molecule has 0 aliphatic carbocycles. The first-order valence-electron chi connectivity index (χ1n) is 11.8. The van der Waals surface area contributed by atoms with Gasteiger partial charge in [0.15, 0.2) is 5.82 Å². The van der Waals surface area contributed by atoms with Crippen molar-refractivity contribution in [2.24, 2.45) is 0 Å². The summed E-state index contributed by atoms with van der Waals surface area (Å²) in [6.07, 6.45) is 0.724. The van der Waals surface area contributed by atoms with E-state index in [0.717, 1.165) is 33.9 Å². The summed E-state index contributed by atoms with van der Waals surface area (Å²) in [6.45, 7) is 2.44. The predicted molar refractivity (Wildman–Crippen MR) is 146 cm³/mol. The topological polar surface area (TPSA) is 78.3 Å². The Morgan fingerprint density at radius 3 is 2.41 bits per heavy atom. The Balaban J connectivity index is 1.30. The third-order valence-electron chi connectivity index (χ3n) is 5.79. The van der Waals surface area contributed by atoms with Crippen molar-refractivity contribution in [2.75, 3.05) is 19.0 Å². The summed E-state index contributed by atoms with van der Waals surface area (Å²) in [5.41, 5.74) is 4.38. The number of nitrogens with zero attached hydrogens (tertiary/aromatic N) is 3. The predicted octanol–water partition coefficient (Wildman–Crippen LogP) is 6.19. The van der Waals surface area contributed by atoms with Crippen LogP contribution < -0.4 is 14.8 Å². The standard InChI is InChI=1S/C29H26N4O3S/c1-20-5-9-22(10-6-20)28(34)30-23-11-13-24(14-12-23)33-27(26-4-3-19-37-26)31-29(32-33)36-18-17-21-7-15-25(35-2)16-8-21/h3-16,19H,17-18H2,1-2H3,(H,30,34). The molecule has 2 heterocycles. The number of methoxy groups -OCH3 is 1. The summed E-state index contributed by atoms with van der Waals surface area (Å²) >= 11 is 1.58. The second-order valence-electron chi connectivity index (χ2n) is 8.42. The molecule has 8 heteroatoms. The number of thiophene rings is 1. The summed E-state index contributed by atoms with van der Waals surface area (Å²) in [4.78, 5) is 18.2. The van der Waals surface area contributed by atoms with Gasteiger partial charge in [-0.1, -0.05) is 35.9 Å². The fourth-order valence-electron chi connectivity index (χ4n) is 3.75. The minimum atomic E-state index is -0.152. The lowest BCUT2D eigenvalue weighted by Gasteiger charge is -2.08. The lowest BCUT2D eigenvalue weighted by Crippen LogP contribution is -2.11. The van der Waals surface area contributed by atoms with Gasteiger partial charge in [-0.2, -0.15) is 4.98 Å². The van der Waals surface area contributed by atoms with Gasteiger partial charge in [0, 0.05) is 17.7 Å². The molecule has 0 spiro atoms. The lowest BCUT2D eigenvalue weighted by atomic mass is 10.1. The number of amides is 1. The van der Waals surface area contributed by atoms with E-state index in [0.29, 0.717) is 29.7 Å². The van der Waals surface area contributed by atoms with Crippen molar-refractivity contribution in [3.8, 4) is 28.1 Å². The largest absolute Gasteiger partial charge is 0.497 e. The van der Waals surface area contributed by atoms with Crippen molar-refractivity contribution in [1.82, 2.24) is 14.8 Å². The highest BCUT2D eigenvalue weighted by Crippen LogP contribution is 2.28. The van der Waals surface area contributed by atoms with Crippen molar-refractivity contribution in [1.29, 1.82) is 0 Å². The normalized spacial score (nSPS) is 10.8. The molecule has 1 N–H and O–H groups in total. The van der Waals surface area contributed by atoms with Gasteiger partial charge in [0.1, 0.15) is 5.75 Å². The lowest BCUT2D eigenvalue weighted by molar-refractivity contribution is 0.102. The van der Waals surface area contributed by atoms with Crippen molar-refractivity contribution in [3.63, 3.8) is 0 Å².